The van der Waals surface area contributed by atoms with Gasteiger partial charge in [0.15, 0.2) is 0 Å². The van der Waals surface area contributed by atoms with Crippen molar-refractivity contribution in [3.8, 4) is 0 Å². The number of hydrogen-bond donors (Lipinski definition) is 1. The molecule has 11 heavy (non-hydrogen) atoms. The second-order valence-electron chi connectivity index (χ2n) is 0.204. The van der Waals surface area contributed by atoms with Gasteiger partial charge >= 0.3 is 0 Å². The van der Waals surface area contributed by atoms with Crippen molar-refractivity contribution in [2.24, 2.45) is 0 Å². The van der Waals surface area contributed by atoms with Crippen LogP contribution in [0.25, 0.3) is 0 Å². The summed E-state index contributed by atoms with van der Waals surface area (Å²) >= 11 is 26.1. The fraction of sp³-hybridized carbons (Fsp3) is 0. The highest BCUT2D eigenvalue weighted by Crippen LogP contribution is 1.77. The minimum absolute atomic E-state index is 0.917. The van der Waals surface area contributed by atoms with E-state index in [1.54, 1.807) is 0 Å². The van der Waals surface area contributed by atoms with Gasteiger partial charge in [-0.25, -0.2) is 0 Å². The molecular weight excluding hydrogens is 448 g/mol. The van der Waals surface area contributed by atoms with Crippen LogP contribution in [0.5, 0.6) is 0 Å². The molecule has 0 bridgehead atoms. The minimum Gasteiger partial charge on any atom is -0.107 e. The number of thiol groups is 1. The predicted octanol–water partition coefficient (Wildman–Crippen LogP) is 1.24. The van der Waals surface area contributed by atoms with E-state index in [9.17, 15) is 0 Å². The molecule has 0 saturated heterocycles. The van der Waals surface area contributed by atoms with Crippen molar-refractivity contribution in [2.45, 2.75) is 0 Å². The molecule has 0 radical (unpaired) electrons. The van der Waals surface area contributed by atoms with Crippen LogP contribution in [0.4, 0.5) is 0 Å². The summed E-state index contributed by atoms with van der Waals surface area (Å²) < 4.78 is 0. The molecule has 0 saturated carbocycles. The Balaban J connectivity index is -0.0000000315. The van der Waals surface area contributed by atoms with Crippen molar-refractivity contribution in [1.29, 1.82) is 0 Å². The Hall–Kier alpha value is 3.06. The Kier molecular flexibility index (Phi) is 111. The fourth-order valence-corrected chi connectivity index (χ4v) is 0. The van der Waals surface area contributed by atoms with Gasteiger partial charge in [0.2, 0.25) is 0 Å². The van der Waals surface area contributed by atoms with Gasteiger partial charge in [0.1, 0.15) is 0 Å². The lowest BCUT2D eigenvalue weighted by Gasteiger charge is -1.14. The Labute approximate surface area is 122 Å². The van der Waals surface area contributed by atoms with Gasteiger partial charge in [-0.15, -0.1) is 9.80 Å². The van der Waals surface area contributed by atoms with Crippen LogP contribution >= 0.6 is 31.0 Å². The van der Waals surface area contributed by atoms with E-state index in [4.69, 9.17) is 0 Å². The largest absolute Gasteiger partial charge is 0.107 e. The Bertz CT molecular complexity index is 119. The molecule has 0 spiro atoms. The topological polar surface area (TPSA) is 0 Å². The maximum absolute atomic E-state index is 4.33. The van der Waals surface area contributed by atoms with Crippen LogP contribution in [0.15, 0.2) is 0 Å². The quantitative estimate of drug-likeness (QED) is 0.434. The minimum atomic E-state index is 0.917. The van der Waals surface area contributed by atoms with Crippen molar-refractivity contribution in [3.05, 3.63) is 0 Å². The molecule has 68 valence electrons. The lowest BCUT2D eigenvalue weighted by molar-refractivity contribution is 6.22. The molecule has 0 aliphatic heterocycles. The summed E-state index contributed by atoms with van der Waals surface area (Å²) in [5.74, 6) is 0. The lowest BCUT2D eigenvalue weighted by atomic mass is 30.9. The smallest absolute Gasteiger partial charge is 0 e. The average molecular weight is 449 g/mol. The Morgan fingerprint density at radius 1 is 0.818 bits per heavy atom. The van der Waals surface area contributed by atoms with Gasteiger partial charge in [-0.3, -0.25) is 0 Å². The average Bonchev–Trinajstić information content (AvgIpc) is 2.12. The number of hydrogen-bond acceptors (Lipinski definition) is 7. The molecule has 0 fully saturated rings. The molecule has 0 aliphatic carbocycles. The molecule has 0 unspecified atom stereocenters. The molecule has 0 atom stereocenters. The maximum atomic E-state index is 4.33. The maximum Gasteiger partial charge on any atom is 0 e. The first-order valence-corrected chi connectivity index (χ1v) is 12.4. The van der Waals surface area contributed by atoms with Gasteiger partial charge in [0, 0.05) is 93.8 Å². The summed E-state index contributed by atoms with van der Waals surface area (Å²) in [6, 6.07) is 0. The molecule has 0 aromatic heterocycles. The SMILES string of the molecule is S=S.S=S=S.S=S=S=S.SI. The van der Waals surface area contributed by atoms with Crippen LogP contribution in [-0.4, -0.2) is 0 Å². The Morgan fingerprint density at radius 3 is 0.909 bits per heavy atom. The first-order valence-electron chi connectivity index (χ1n) is 1.17. The zero-order valence-electron chi connectivity index (χ0n) is 4.50. The highest BCUT2D eigenvalue weighted by atomic mass is 127. The van der Waals surface area contributed by atoms with Gasteiger partial charge in [-0.1, -0.05) is 0 Å². The highest BCUT2D eigenvalue weighted by molar-refractivity contribution is 14.2. The van der Waals surface area contributed by atoms with E-state index in [1.807, 2.05) is 21.2 Å². The van der Waals surface area contributed by atoms with Crippen molar-refractivity contribution in [2.75, 3.05) is 0 Å². The number of halogens is 1. The zero-order valence-corrected chi connectivity index (χ0v) is 14.9. The van der Waals surface area contributed by atoms with Crippen molar-refractivity contribution in [1.82, 2.24) is 0 Å². The van der Waals surface area contributed by atoms with E-state index in [1.165, 1.54) is 17.8 Å². The molecule has 0 rings (SSSR count). The first kappa shape index (κ1) is 23.7. The second kappa shape index (κ2) is 51.7. The summed E-state index contributed by atoms with van der Waals surface area (Å²) in [5, 5.41) is 0. The second-order valence-corrected chi connectivity index (χ2v) is 5.51. The molecular formula is HIS10. The summed E-state index contributed by atoms with van der Waals surface area (Å²) in [7, 11) is 6.76. The summed E-state index contributed by atoms with van der Waals surface area (Å²) in [6.45, 7) is 0. The van der Waals surface area contributed by atoms with Crippen LogP contribution in [-0.2, 0) is 93.8 Å². The Morgan fingerprint density at radius 2 is 0.909 bits per heavy atom. The van der Waals surface area contributed by atoms with Crippen LogP contribution < -0.4 is 0 Å². The summed E-state index contributed by atoms with van der Waals surface area (Å²) in [6.07, 6.45) is 0. The molecule has 0 amide bonds. The molecule has 0 heterocycles. The summed E-state index contributed by atoms with van der Waals surface area (Å²) in [4.78, 5) is 0. The number of rotatable bonds is 0. The van der Waals surface area contributed by atoms with Gasteiger partial charge in [-0.05, 0) is 21.2 Å². The monoisotopic (exact) mass is 448 g/mol. The lowest BCUT2D eigenvalue weighted by Crippen LogP contribution is -1.15. The van der Waals surface area contributed by atoms with Crippen molar-refractivity contribution >= 4 is 125 Å². The molecule has 11 heteroatoms. The van der Waals surface area contributed by atoms with Crippen LogP contribution in [0, 0.1) is 0 Å². The van der Waals surface area contributed by atoms with Gasteiger partial charge < -0.3 is 0 Å². The summed E-state index contributed by atoms with van der Waals surface area (Å²) in [5.41, 5.74) is 0. The fourth-order valence-electron chi connectivity index (χ4n) is 0. The highest BCUT2D eigenvalue weighted by Gasteiger charge is 1.15. The normalized spacial score (nSPS) is 3.82. The van der Waals surface area contributed by atoms with Crippen LogP contribution in [0.1, 0.15) is 0 Å². The predicted molar refractivity (Wildman–Crippen MR) is 89.3 cm³/mol. The third-order valence-electron chi connectivity index (χ3n) is 0.0278. The van der Waals surface area contributed by atoms with Crippen LogP contribution in [0.3, 0.4) is 0 Å². The molecule has 0 nitrogen and oxygen atoms in total. The molecule has 0 aromatic rings. The van der Waals surface area contributed by atoms with E-state index in [-0.39, 0.29) is 0 Å². The van der Waals surface area contributed by atoms with Crippen LogP contribution in [0.2, 0.25) is 0 Å². The van der Waals surface area contributed by atoms with Gasteiger partial charge in [0.05, 0.1) is 0 Å². The first-order chi connectivity index (χ1) is 5.33. The molecule has 0 aromatic carbocycles. The molecule has 0 aliphatic rings. The van der Waals surface area contributed by atoms with Gasteiger partial charge in [0.25, 0.3) is 0 Å². The van der Waals surface area contributed by atoms with Crippen molar-refractivity contribution in [3.63, 3.8) is 0 Å². The van der Waals surface area contributed by atoms with Crippen molar-refractivity contribution < 1.29 is 0 Å². The molecule has 0 N–H and O–H groups in total. The van der Waals surface area contributed by atoms with E-state index in [2.05, 4.69) is 76.9 Å². The van der Waals surface area contributed by atoms with E-state index in [0.717, 1.165) is 8.88 Å². The van der Waals surface area contributed by atoms with E-state index < -0.39 is 0 Å². The van der Waals surface area contributed by atoms with Gasteiger partial charge in [-0.2, -0.15) is 0 Å². The standard InChI is InChI=1S/HIS.S4.S3.S2/c1-2;1-3-4-2;1-3-2;1-2/h2H;;;. The van der Waals surface area contributed by atoms with E-state index in [0.29, 0.717) is 0 Å². The third kappa shape index (κ3) is 96.9. The third-order valence-corrected chi connectivity index (χ3v) is 2.25. The zero-order chi connectivity index (χ0) is 10.1. The van der Waals surface area contributed by atoms with E-state index >= 15 is 0 Å².